The summed E-state index contributed by atoms with van der Waals surface area (Å²) >= 11 is 0. The highest BCUT2D eigenvalue weighted by Gasteiger charge is 2.33. The van der Waals surface area contributed by atoms with Gasteiger partial charge in [-0.1, -0.05) is 13.3 Å². The van der Waals surface area contributed by atoms with E-state index < -0.39 is 15.9 Å². The molecule has 31 heavy (non-hydrogen) atoms. The maximum atomic E-state index is 12.2. The van der Waals surface area contributed by atoms with Gasteiger partial charge < -0.3 is 11.1 Å². The van der Waals surface area contributed by atoms with Crippen molar-refractivity contribution in [3.05, 3.63) is 48.5 Å². The van der Waals surface area contributed by atoms with E-state index in [4.69, 9.17) is 5.73 Å². The van der Waals surface area contributed by atoms with Crippen LogP contribution in [-0.2, 0) is 10.0 Å². The first kappa shape index (κ1) is 21.3. The minimum absolute atomic E-state index is 0.00609. The molecule has 164 valence electrons. The number of primary amides is 1. The molecule has 0 aliphatic carbocycles. The predicted molar refractivity (Wildman–Crippen MR) is 119 cm³/mol. The van der Waals surface area contributed by atoms with E-state index in [0.717, 1.165) is 23.1 Å². The molecule has 3 N–H and O–H groups in total. The van der Waals surface area contributed by atoms with Crippen molar-refractivity contribution in [2.45, 2.75) is 25.8 Å². The zero-order chi connectivity index (χ0) is 22.2. The van der Waals surface area contributed by atoms with Crippen LogP contribution in [0.5, 0.6) is 0 Å². The number of carbonyl (C=O) groups is 1. The number of nitrogens with one attached hydrogen (secondary N) is 1. The Morgan fingerprint density at radius 2 is 2.03 bits per heavy atom. The molecule has 4 rings (SSSR count). The average molecular weight is 443 g/mol. The molecule has 3 aromatic heterocycles. The number of hydrogen-bond acceptors (Lipinski definition) is 6. The summed E-state index contributed by atoms with van der Waals surface area (Å²) in [6.45, 7) is 2.92. The Morgan fingerprint density at radius 3 is 2.68 bits per heavy atom. The monoisotopic (exact) mass is 442 g/mol. The van der Waals surface area contributed by atoms with Crippen molar-refractivity contribution in [3.63, 3.8) is 0 Å². The SMILES string of the molecule is CC[C@H]1CN(S(C)(=O)=O)CC[C@H]1Nc1c(C(N)=O)cnn2cc(-c3ccncc3)cc12. The first-order valence-electron chi connectivity index (χ1n) is 10.2. The van der Waals surface area contributed by atoms with Gasteiger partial charge in [0.05, 0.1) is 29.2 Å². The second-order valence-corrected chi connectivity index (χ2v) is 9.90. The van der Waals surface area contributed by atoms with Gasteiger partial charge >= 0.3 is 0 Å². The van der Waals surface area contributed by atoms with Gasteiger partial charge in [0, 0.05) is 43.3 Å². The number of anilines is 1. The number of rotatable bonds is 6. The van der Waals surface area contributed by atoms with E-state index >= 15 is 0 Å². The molecule has 0 bridgehead atoms. The van der Waals surface area contributed by atoms with Gasteiger partial charge in [-0.05, 0) is 36.1 Å². The van der Waals surface area contributed by atoms with E-state index in [9.17, 15) is 13.2 Å². The Labute approximate surface area is 181 Å². The van der Waals surface area contributed by atoms with Crippen molar-refractivity contribution in [3.8, 4) is 11.1 Å². The van der Waals surface area contributed by atoms with Crippen LogP contribution in [0.2, 0.25) is 0 Å². The number of amides is 1. The summed E-state index contributed by atoms with van der Waals surface area (Å²) in [4.78, 5) is 16.2. The minimum Gasteiger partial charge on any atom is -0.379 e. The third-order valence-corrected chi connectivity index (χ3v) is 7.21. The van der Waals surface area contributed by atoms with Crippen LogP contribution in [0, 0.1) is 5.92 Å². The number of piperidine rings is 1. The number of aromatic nitrogens is 3. The van der Waals surface area contributed by atoms with Crippen LogP contribution < -0.4 is 11.1 Å². The summed E-state index contributed by atoms with van der Waals surface area (Å²) in [5.74, 6) is -0.460. The minimum atomic E-state index is -3.24. The summed E-state index contributed by atoms with van der Waals surface area (Å²) in [6, 6.07) is 5.78. The van der Waals surface area contributed by atoms with Crippen molar-refractivity contribution in [1.82, 2.24) is 18.9 Å². The van der Waals surface area contributed by atoms with E-state index in [1.165, 1.54) is 16.8 Å². The van der Waals surface area contributed by atoms with Crippen LogP contribution in [0.3, 0.4) is 0 Å². The van der Waals surface area contributed by atoms with Gasteiger partial charge in [0.25, 0.3) is 5.91 Å². The lowest BCUT2D eigenvalue weighted by molar-refractivity contribution is 0.100. The number of hydrogen-bond donors (Lipinski definition) is 2. The first-order chi connectivity index (χ1) is 14.8. The fourth-order valence-electron chi connectivity index (χ4n) is 4.19. The maximum absolute atomic E-state index is 12.2. The topological polar surface area (TPSA) is 123 Å². The Bertz CT molecular complexity index is 1210. The van der Waals surface area contributed by atoms with E-state index in [0.29, 0.717) is 30.8 Å². The van der Waals surface area contributed by atoms with E-state index in [2.05, 4.69) is 15.4 Å². The largest absolute Gasteiger partial charge is 0.379 e. The molecule has 9 nitrogen and oxygen atoms in total. The number of pyridine rings is 1. The number of fused-ring (bicyclic) bond motifs is 1. The van der Waals surface area contributed by atoms with Crippen LogP contribution in [0.15, 0.2) is 43.0 Å². The molecule has 1 amide bonds. The quantitative estimate of drug-likeness (QED) is 0.602. The maximum Gasteiger partial charge on any atom is 0.252 e. The third kappa shape index (κ3) is 4.26. The molecule has 1 fully saturated rings. The number of nitrogens with two attached hydrogens (primary N) is 1. The van der Waals surface area contributed by atoms with Crippen molar-refractivity contribution in [1.29, 1.82) is 0 Å². The normalized spacial score (nSPS) is 20.1. The molecule has 4 heterocycles. The van der Waals surface area contributed by atoms with Gasteiger partial charge in [0.1, 0.15) is 0 Å². The predicted octanol–water partition coefficient (Wildman–Crippen LogP) is 1.97. The molecule has 1 aliphatic rings. The van der Waals surface area contributed by atoms with E-state index in [1.54, 1.807) is 16.9 Å². The summed E-state index contributed by atoms with van der Waals surface area (Å²) in [5.41, 5.74) is 9.26. The van der Waals surface area contributed by atoms with Crippen LogP contribution in [0.1, 0.15) is 30.1 Å². The molecule has 1 saturated heterocycles. The standard InChI is InChI=1S/C21H26N6O3S/c1-3-14-12-26(31(2,29)30)9-6-18(14)25-20-17(21(22)28)11-24-27-13-16(10-19(20)27)15-4-7-23-8-5-15/h4-5,7-8,10-11,13-14,18,25H,3,6,9,12H2,1-2H3,(H2,22,28)/t14-,18+/m0/s1. The summed E-state index contributed by atoms with van der Waals surface area (Å²) in [7, 11) is -3.24. The van der Waals surface area contributed by atoms with Gasteiger partial charge in [-0.3, -0.25) is 9.78 Å². The number of sulfonamides is 1. The highest BCUT2D eigenvalue weighted by atomic mass is 32.2. The van der Waals surface area contributed by atoms with Crippen LogP contribution in [0.4, 0.5) is 5.69 Å². The lowest BCUT2D eigenvalue weighted by atomic mass is 9.90. The number of nitrogens with zero attached hydrogens (tertiary/aromatic N) is 4. The summed E-state index contributed by atoms with van der Waals surface area (Å²) in [5, 5.41) is 7.87. The zero-order valence-corrected chi connectivity index (χ0v) is 18.3. The third-order valence-electron chi connectivity index (χ3n) is 5.94. The molecule has 0 aromatic carbocycles. The summed E-state index contributed by atoms with van der Waals surface area (Å²) < 4.78 is 27.2. The van der Waals surface area contributed by atoms with Gasteiger partial charge in [-0.15, -0.1) is 0 Å². The fraction of sp³-hybridized carbons (Fsp3) is 0.381. The van der Waals surface area contributed by atoms with Gasteiger partial charge in [-0.25, -0.2) is 17.2 Å². The molecule has 0 unspecified atom stereocenters. The molecule has 2 atom stereocenters. The van der Waals surface area contributed by atoms with Crippen molar-refractivity contribution < 1.29 is 13.2 Å². The highest BCUT2D eigenvalue weighted by molar-refractivity contribution is 7.88. The number of carbonyl (C=O) groups excluding carboxylic acids is 1. The van der Waals surface area contributed by atoms with Crippen LogP contribution in [-0.4, -0.2) is 58.6 Å². The van der Waals surface area contributed by atoms with E-state index in [1.807, 2.05) is 31.3 Å². The van der Waals surface area contributed by atoms with Crippen molar-refractivity contribution >= 4 is 27.1 Å². The van der Waals surface area contributed by atoms with Gasteiger partial charge in [0.2, 0.25) is 10.0 Å². The first-order valence-corrected chi connectivity index (χ1v) is 12.1. The molecular weight excluding hydrogens is 416 g/mol. The zero-order valence-electron chi connectivity index (χ0n) is 17.5. The summed E-state index contributed by atoms with van der Waals surface area (Å²) in [6.07, 6.45) is 9.49. The molecule has 3 aromatic rings. The molecule has 10 heteroatoms. The second kappa shape index (κ2) is 8.27. The Morgan fingerprint density at radius 1 is 1.29 bits per heavy atom. The highest BCUT2D eigenvalue weighted by Crippen LogP contribution is 2.32. The molecule has 0 spiro atoms. The fourth-order valence-corrected chi connectivity index (χ4v) is 5.09. The average Bonchev–Trinajstić information content (AvgIpc) is 3.18. The van der Waals surface area contributed by atoms with Crippen LogP contribution in [0.25, 0.3) is 16.6 Å². The van der Waals surface area contributed by atoms with Gasteiger partial charge in [0.15, 0.2) is 0 Å². The lowest BCUT2D eigenvalue weighted by Gasteiger charge is -2.38. The Balaban J connectivity index is 1.72. The van der Waals surface area contributed by atoms with E-state index in [-0.39, 0.29) is 12.0 Å². The molecular formula is C21H26N6O3S. The molecule has 1 aliphatic heterocycles. The van der Waals surface area contributed by atoms with Crippen molar-refractivity contribution in [2.24, 2.45) is 11.7 Å². The molecule has 0 radical (unpaired) electrons. The Hall–Kier alpha value is -2.98. The molecule has 0 saturated carbocycles. The Kier molecular flexibility index (Phi) is 5.67. The lowest BCUT2D eigenvalue weighted by Crippen LogP contribution is -2.48. The smallest absolute Gasteiger partial charge is 0.252 e. The second-order valence-electron chi connectivity index (χ2n) is 7.92. The van der Waals surface area contributed by atoms with Crippen molar-refractivity contribution in [2.75, 3.05) is 24.7 Å². The van der Waals surface area contributed by atoms with Crippen LogP contribution >= 0.6 is 0 Å². The van der Waals surface area contributed by atoms with Gasteiger partial charge in [-0.2, -0.15) is 5.10 Å².